The molecule has 684 valence electrons. The predicted octanol–water partition coefficient (Wildman–Crippen LogP) is 8.80. The van der Waals surface area contributed by atoms with E-state index in [0.29, 0.717) is 23.1 Å². The number of ether oxygens (including phenoxy) is 13. The van der Waals surface area contributed by atoms with Gasteiger partial charge in [-0.25, -0.2) is 28.8 Å². The van der Waals surface area contributed by atoms with Crippen molar-refractivity contribution in [2.75, 3.05) is 41.2 Å². The van der Waals surface area contributed by atoms with Crippen LogP contribution in [0.1, 0.15) is 173 Å². The number of aliphatic hydroxyl groups excluding tert-OH is 6. The molecule has 27 atom stereocenters. The van der Waals surface area contributed by atoms with Crippen LogP contribution in [0.15, 0.2) is 124 Å². The van der Waals surface area contributed by atoms with Gasteiger partial charge in [0.1, 0.15) is 65.6 Å². The van der Waals surface area contributed by atoms with Gasteiger partial charge in [0.05, 0.1) is 105 Å². The Labute approximate surface area is 747 Å². The van der Waals surface area contributed by atoms with Crippen molar-refractivity contribution in [3.05, 3.63) is 141 Å². The number of aliphatic hydroxyl groups is 9. The number of carbonyl (C=O) groups excluding carboxylic acids is 10. The standard InChI is InChI=1S/C32H40O11.C30H38O10.C29H36O11.I2/c1-16-13-21-31(15-40-21,43-28(37)39-7)24-26(42-27(36)19-11-9-8-10-12-19)32(38)14-20(34)17(2)22(29(32,4)5)23(41-18(3)33)25(35)30(16,24)6;1-15-12-19-29(14-38-19,40-26(35)37-6)22-24(39-25(34)17-10-8-7-9-11-17)30(36)13-18(31)16(2)20(27(30,3)4)21(32)23(33)28(15,22)5;1-14-16(30)12-29(36)23(39-24(34)15-9-7-6-8-10-15)21-27(4,22(33)20(32)19(14)26(29,2)3)17(31)11-18-28(21,13-38-18)40-25(35)37-5;1-2/h8-12,16,20-21,23-24,26,34,38H,13-15H2,1-7H3;7-11,15,18-19,21-22,24,31-32,36H,12-14H2,1-6H3;6-10,16-18,20-21,23,30-32,36H,11-13H2,1-5H3;/t16-,20-,21?,23+,24?,26-,30+,31-,32+;15-,18-,19?,21+,22?,24-,28+,29-,30+;16-,17-,18?,20+,21?,23-,27+,28-,29+;/m000./s1. The SMILES string of the molecule is COC(=O)O[C@@]12COC1C[C@H](C)[C@@]1(C)C(=O)[C@H](O)C3=C(C)[C@@H](O)C[C@@](O)([C@@H](OC(=O)c4ccccc4)C21)C3(C)C.COC(=O)O[C@@]12COC1C[C@H](C)[C@@]1(C)C(=O)[C@H](OC(C)=O)C3=C(C)[C@@H](O)C[C@@](O)([C@@H](OC(=O)c4ccccc4)C21)C3(C)C.COC(=O)O[C@@]12COC1C[C@H](O)[C@@]1(C)C(=O)[C@H](O)C3=C(C)[C@@H](O)C[C@@](O)([C@@H](OC(=O)c4ccccc4)C21)C3(C)C.II. The van der Waals surface area contributed by atoms with Gasteiger partial charge in [-0.1, -0.05) is 124 Å². The van der Waals surface area contributed by atoms with Crippen LogP contribution in [0.2, 0.25) is 0 Å². The minimum absolute atomic E-state index is 0.0845. The molecule has 125 heavy (non-hydrogen) atoms. The summed E-state index contributed by atoms with van der Waals surface area (Å²) in [5, 5.41) is 107. The molecule has 12 aliphatic rings. The molecule has 3 aromatic carbocycles. The molecule has 15 rings (SSSR count). The van der Waals surface area contributed by atoms with Crippen molar-refractivity contribution >= 4 is 96.9 Å². The van der Waals surface area contributed by atoms with Crippen molar-refractivity contribution in [3.63, 3.8) is 0 Å². The lowest BCUT2D eigenvalue weighted by Gasteiger charge is -2.67. The fraction of sp³-hybridized carbons (Fsp3) is 0.626. The Morgan fingerprint density at radius 2 is 0.672 bits per heavy atom. The number of hydrogen-bond acceptors (Lipinski definition) is 32. The molecule has 6 bridgehead atoms. The number of hydrogen-bond donors (Lipinski definition) is 9. The highest BCUT2D eigenvalue weighted by Gasteiger charge is 2.82. The van der Waals surface area contributed by atoms with Gasteiger partial charge in [-0.15, -0.1) is 0 Å². The number of ketones is 3. The lowest BCUT2D eigenvalue weighted by molar-refractivity contribution is -0.344. The summed E-state index contributed by atoms with van der Waals surface area (Å²) in [5.41, 5.74) is -17.7. The minimum Gasteiger partial charge on any atom is -0.455 e. The third-order valence-corrected chi connectivity index (χ3v) is 31.3. The molecule has 0 radical (unpaired) electrons. The molecular formula is C91H114I2O32. The van der Waals surface area contributed by atoms with E-state index >= 15 is 0 Å². The summed E-state index contributed by atoms with van der Waals surface area (Å²) in [6.45, 7) is 23.8. The molecule has 3 aromatic rings. The maximum Gasteiger partial charge on any atom is 0.508 e. The summed E-state index contributed by atoms with van der Waals surface area (Å²) < 4.78 is 74.0. The zero-order valence-corrected chi connectivity index (χ0v) is 77.4. The van der Waals surface area contributed by atoms with Crippen LogP contribution in [0.25, 0.3) is 0 Å². The number of Topliss-reactive ketones (excluding diaryl/α,β-unsaturated/α-hetero) is 3. The number of methoxy groups -OCH3 is 3. The number of carbonyl (C=O) groups is 10. The predicted molar refractivity (Wildman–Crippen MR) is 455 cm³/mol. The maximum absolute atomic E-state index is 15.0. The van der Waals surface area contributed by atoms with Crippen molar-refractivity contribution < 1.29 is 155 Å². The molecule has 3 aliphatic heterocycles. The van der Waals surface area contributed by atoms with Gasteiger partial charge in [-0.05, 0) is 122 Å². The number of rotatable bonds is 10. The average Bonchev–Trinajstić information content (AvgIpc) is 0.677. The molecule has 9 fully saturated rings. The van der Waals surface area contributed by atoms with E-state index in [1.54, 1.807) is 155 Å². The van der Waals surface area contributed by atoms with Crippen molar-refractivity contribution in [1.82, 2.24) is 0 Å². The fourth-order valence-electron chi connectivity index (χ4n) is 23.6. The molecule has 0 aromatic heterocycles. The Morgan fingerprint density at radius 3 is 0.960 bits per heavy atom. The molecule has 32 nitrogen and oxygen atoms in total. The van der Waals surface area contributed by atoms with Crippen LogP contribution in [0, 0.1) is 62.1 Å². The minimum atomic E-state index is -2.11. The molecule has 6 saturated carbocycles. The number of esters is 4. The third kappa shape index (κ3) is 14.6. The number of halogens is 2. The van der Waals surface area contributed by atoms with E-state index < -0.39 is 235 Å². The van der Waals surface area contributed by atoms with Crippen LogP contribution >= 0.6 is 37.2 Å². The molecule has 9 N–H and O–H groups in total. The first kappa shape index (κ1) is 96.6. The summed E-state index contributed by atoms with van der Waals surface area (Å²) in [5.74, 6) is -9.66. The van der Waals surface area contributed by atoms with Crippen molar-refractivity contribution in [2.45, 2.75) is 255 Å². The van der Waals surface area contributed by atoms with Gasteiger partial charge in [-0.2, -0.15) is 0 Å². The highest BCUT2D eigenvalue weighted by atomic mass is 128. The van der Waals surface area contributed by atoms with Gasteiger partial charge in [0.25, 0.3) is 0 Å². The molecule has 6 unspecified atom stereocenters. The zero-order valence-electron chi connectivity index (χ0n) is 73.1. The largest absolute Gasteiger partial charge is 0.508 e. The normalized spacial score (nSPS) is 40.5. The van der Waals surface area contributed by atoms with E-state index in [9.17, 15) is 93.9 Å². The summed E-state index contributed by atoms with van der Waals surface area (Å²) in [6, 6.07) is 24.4. The van der Waals surface area contributed by atoms with Gasteiger partial charge in [0.15, 0.2) is 40.3 Å². The summed E-state index contributed by atoms with van der Waals surface area (Å²) >= 11 is 4.24. The van der Waals surface area contributed by atoms with E-state index in [1.165, 1.54) is 26.0 Å². The van der Waals surface area contributed by atoms with Crippen LogP contribution in [0.3, 0.4) is 0 Å². The molecule has 3 heterocycles. The Bertz CT molecular complexity index is 4650. The third-order valence-electron chi connectivity index (χ3n) is 31.3. The maximum atomic E-state index is 15.0. The van der Waals surface area contributed by atoms with Crippen LogP contribution in [-0.4, -0.2) is 260 Å². The van der Waals surface area contributed by atoms with Crippen molar-refractivity contribution in [2.24, 2.45) is 62.1 Å². The van der Waals surface area contributed by atoms with Gasteiger partial charge >= 0.3 is 42.3 Å². The zero-order chi connectivity index (χ0) is 92.5. The Balaban J connectivity index is 0.000000169. The number of fused-ring (bicyclic) bond motifs is 15. The van der Waals surface area contributed by atoms with Crippen molar-refractivity contribution in [1.29, 1.82) is 0 Å². The summed E-state index contributed by atoms with van der Waals surface area (Å²) in [7, 11) is 3.42. The monoisotopic (exact) mass is 1970 g/mol. The van der Waals surface area contributed by atoms with Crippen molar-refractivity contribution in [3.8, 4) is 0 Å². The van der Waals surface area contributed by atoms with E-state index in [4.69, 9.17) is 61.6 Å². The topological polar surface area (TPSA) is 473 Å². The van der Waals surface area contributed by atoms with Crippen LogP contribution < -0.4 is 0 Å². The lowest BCUT2D eigenvalue weighted by atomic mass is 9.43. The molecule has 3 saturated heterocycles. The van der Waals surface area contributed by atoms with E-state index in [1.807, 2.05) is 13.8 Å². The molecule has 0 amide bonds. The summed E-state index contributed by atoms with van der Waals surface area (Å²) in [4.78, 5) is 135. The first-order valence-corrected chi connectivity index (χ1v) is 47.9. The highest BCUT2D eigenvalue weighted by Crippen LogP contribution is 2.70. The Kier molecular flexibility index (Phi) is 26.6. The van der Waals surface area contributed by atoms with Crippen LogP contribution in [0.5, 0.6) is 0 Å². The van der Waals surface area contributed by atoms with Gasteiger partial charge < -0.3 is 108 Å². The second-order valence-electron chi connectivity index (χ2n) is 37.8. The highest BCUT2D eigenvalue weighted by molar-refractivity contribution is 15.0. The van der Waals surface area contributed by atoms with Crippen LogP contribution in [-0.2, 0) is 80.8 Å². The van der Waals surface area contributed by atoms with Gasteiger partial charge in [0.2, 0.25) is 0 Å². The van der Waals surface area contributed by atoms with Gasteiger partial charge in [0, 0.05) is 96.9 Å². The van der Waals surface area contributed by atoms with E-state index in [-0.39, 0.29) is 85.3 Å². The molecular weight excluding hydrogens is 1860 g/mol. The lowest BCUT2D eigenvalue weighted by Crippen LogP contribution is -2.81. The Morgan fingerprint density at radius 1 is 0.400 bits per heavy atom. The average molecular weight is 1970 g/mol. The first-order valence-electron chi connectivity index (χ1n) is 41.7. The molecule has 0 spiro atoms. The van der Waals surface area contributed by atoms with E-state index in [2.05, 4.69) is 37.2 Å². The smallest absolute Gasteiger partial charge is 0.455 e. The van der Waals surface area contributed by atoms with Gasteiger partial charge in [-0.3, -0.25) is 19.2 Å². The van der Waals surface area contributed by atoms with E-state index in [0.717, 1.165) is 21.3 Å². The quantitative estimate of drug-likeness (QED) is 0.0396. The first-order chi connectivity index (χ1) is 58.4. The summed E-state index contributed by atoms with van der Waals surface area (Å²) in [6.07, 6.45) is -20.6. The fourth-order valence-corrected chi connectivity index (χ4v) is 23.6. The molecule has 34 heteroatoms. The second-order valence-corrected chi connectivity index (χ2v) is 37.8. The number of benzene rings is 3. The molecule has 9 aliphatic carbocycles. The second kappa shape index (κ2) is 34.5. The Hall–Kier alpha value is -7.44. The van der Waals surface area contributed by atoms with Crippen LogP contribution in [0.4, 0.5) is 14.4 Å².